The highest BCUT2D eigenvalue weighted by molar-refractivity contribution is 6.31. The molecule has 132 valence electrons. The van der Waals surface area contributed by atoms with E-state index in [0.717, 1.165) is 11.1 Å². The second kappa shape index (κ2) is 7.70. The number of hydrogen-bond donors (Lipinski definition) is 1. The summed E-state index contributed by atoms with van der Waals surface area (Å²) in [5, 5.41) is 7.69. The van der Waals surface area contributed by atoms with Crippen LogP contribution in [0.5, 0.6) is 0 Å². The highest BCUT2D eigenvalue weighted by Crippen LogP contribution is 2.20. The van der Waals surface area contributed by atoms with Crippen LogP contribution in [0, 0.1) is 0 Å². The van der Waals surface area contributed by atoms with Crippen molar-refractivity contribution >= 4 is 23.4 Å². The molecule has 0 spiro atoms. The van der Waals surface area contributed by atoms with Crippen molar-refractivity contribution < 1.29 is 9.59 Å². The molecule has 1 aliphatic rings. The van der Waals surface area contributed by atoms with Crippen molar-refractivity contribution in [3.8, 4) is 0 Å². The lowest BCUT2D eigenvalue weighted by atomic mass is 10.2. The van der Waals surface area contributed by atoms with E-state index in [2.05, 4.69) is 10.4 Å². The number of likely N-dealkylation sites (tertiary alicyclic amines) is 1. The lowest BCUT2D eigenvalue weighted by molar-refractivity contribution is -0.128. The third-order valence-electron chi connectivity index (χ3n) is 4.30. The van der Waals surface area contributed by atoms with Crippen molar-refractivity contribution in [2.24, 2.45) is 7.05 Å². The molecule has 6 nitrogen and oxygen atoms in total. The van der Waals surface area contributed by atoms with E-state index in [4.69, 9.17) is 11.6 Å². The minimum atomic E-state index is -0.142. The van der Waals surface area contributed by atoms with Gasteiger partial charge in [-0.15, -0.1) is 0 Å². The van der Waals surface area contributed by atoms with Gasteiger partial charge in [0.1, 0.15) is 0 Å². The average molecular weight is 361 g/mol. The first-order valence-corrected chi connectivity index (χ1v) is 8.67. The molecular weight excluding hydrogens is 340 g/mol. The molecule has 2 aromatic rings. The van der Waals surface area contributed by atoms with Crippen LogP contribution in [0.4, 0.5) is 0 Å². The molecule has 1 atom stereocenters. The number of amides is 2. The largest absolute Gasteiger partial charge is 0.351 e. The second-order valence-corrected chi connectivity index (χ2v) is 6.76. The van der Waals surface area contributed by atoms with E-state index in [9.17, 15) is 9.59 Å². The number of aryl methyl sites for hydroxylation is 2. The zero-order valence-corrected chi connectivity index (χ0v) is 14.9. The Morgan fingerprint density at radius 2 is 2.20 bits per heavy atom. The summed E-state index contributed by atoms with van der Waals surface area (Å²) in [4.78, 5) is 26.0. The number of hydrogen-bond acceptors (Lipinski definition) is 3. The molecule has 1 aliphatic heterocycles. The fourth-order valence-electron chi connectivity index (χ4n) is 3.01. The first-order valence-electron chi connectivity index (χ1n) is 8.29. The standard InChI is InChI=1S/C18H21ClN4O2/c1-22-10-13(9-20-22)6-7-17(24)21-15-8-18(25)23(12-15)11-14-4-2-3-5-16(14)19/h2-5,9-10,15H,6-8,11-12H2,1H3,(H,21,24). The number of benzene rings is 1. The first-order chi connectivity index (χ1) is 12.0. The maximum atomic E-state index is 12.2. The van der Waals surface area contributed by atoms with E-state index in [1.54, 1.807) is 15.8 Å². The molecule has 0 saturated carbocycles. The van der Waals surface area contributed by atoms with E-state index in [0.29, 0.717) is 37.4 Å². The van der Waals surface area contributed by atoms with Gasteiger partial charge in [0, 0.05) is 44.2 Å². The number of nitrogens with one attached hydrogen (secondary N) is 1. The van der Waals surface area contributed by atoms with E-state index in [1.807, 2.05) is 37.5 Å². The Morgan fingerprint density at radius 3 is 2.92 bits per heavy atom. The lowest BCUT2D eigenvalue weighted by Crippen LogP contribution is -2.37. The molecule has 1 aromatic carbocycles. The minimum absolute atomic E-state index is 0.0393. The van der Waals surface area contributed by atoms with Crippen LogP contribution in [0.25, 0.3) is 0 Å². The predicted molar refractivity (Wildman–Crippen MR) is 94.9 cm³/mol. The number of carbonyl (C=O) groups excluding carboxylic acids is 2. The van der Waals surface area contributed by atoms with Crippen LogP contribution >= 0.6 is 11.6 Å². The molecule has 0 radical (unpaired) electrons. The smallest absolute Gasteiger partial charge is 0.225 e. The van der Waals surface area contributed by atoms with Gasteiger partial charge in [-0.25, -0.2) is 0 Å². The summed E-state index contributed by atoms with van der Waals surface area (Å²) in [6, 6.07) is 7.35. The molecule has 1 saturated heterocycles. The summed E-state index contributed by atoms with van der Waals surface area (Å²) in [5.74, 6) is -0.00118. The van der Waals surface area contributed by atoms with Gasteiger partial charge in [0.15, 0.2) is 0 Å². The quantitative estimate of drug-likeness (QED) is 0.855. The molecule has 25 heavy (non-hydrogen) atoms. The van der Waals surface area contributed by atoms with E-state index in [-0.39, 0.29) is 17.9 Å². The normalized spacial score (nSPS) is 17.1. The van der Waals surface area contributed by atoms with Gasteiger partial charge in [-0.05, 0) is 23.6 Å². The first kappa shape index (κ1) is 17.5. The van der Waals surface area contributed by atoms with Crippen LogP contribution in [0.2, 0.25) is 5.02 Å². The molecule has 1 unspecified atom stereocenters. The minimum Gasteiger partial charge on any atom is -0.351 e. The maximum Gasteiger partial charge on any atom is 0.225 e. The maximum absolute atomic E-state index is 12.2. The van der Waals surface area contributed by atoms with Crippen molar-refractivity contribution in [3.05, 3.63) is 52.8 Å². The number of nitrogens with zero attached hydrogens (tertiary/aromatic N) is 3. The van der Waals surface area contributed by atoms with Gasteiger partial charge in [0.25, 0.3) is 0 Å². The van der Waals surface area contributed by atoms with Crippen molar-refractivity contribution in [2.75, 3.05) is 6.54 Å². The lowest BCUT2D eigenvalue weighted by Gasteiger charge is -2.18. The number of carbonyl (C=O) groups is 2. The van der Waals surface area contributed by atoms with Crippen molar-refractivity contribution in [2.45, 2.75) is 31.8 Å². The van der Waals surface area contributed by atoms with Crippen LogP contribution in [0.15, 0.2) is 36.7 Å². The molecule has 7 heteroatoms. The third-order valence-corrected chi connectivity index (χ3v) is 4.67. The van der Waals surface area contributed by atoms with Crippen LogP contribution in [0.1, 0.15) is 24.0 Å². The Labute approximate surface area is 151 Å². The predicted octanol–water partition coefficient (Wildman–Crippen LogP) is 1.92. The zero-order chi connectivity index (χ0) is 17.8. The fourth-order valence-corrected chi connectivity index (χ4v) is 3.21. The van der Waals surface area contributed by atoms with Gasteiger partial charge in [-0.1, -0.05) is 29.8 Å². The number of rotatable bonds is 6. The van der Waals surface area contributed by atoms with E-state index >= 15 is 0 Å². The molecule has 1 aromatic heterocycles. The Bertz CT molecular complexity index is 774. The average Bonchev–Trinajstić information content (AvgIpc) is 3.13. The summed E-state index contributed by atoms with van der Waals surface area (Å²) >= 11 is 6.16. The van der Waals surface area contributed by atoms with Gasteiger partial charge in [0.05, 0.1) is 12.2 Å². The summed E-state index contributed by atoms with van der Waals surface area (Å²) in [6.45, 7) is 0.989. The molecule has 2 heterocycles. The highest BCUT2D eigenvalue weighted by Gasteiger charge is 2.30. The van der Waals surface area contributed by atoms with Crippen LogP contribution < -0.4 is 5.32 Å². The summed E-state index contributed by atoms with van der Waals surface area (Å²) < 4.78 is 1.72. The second-order valence-electron chi connectivity index (χ2n) is 6.36. The van der Waals surface area contributed by atoms with Crippen LogP contribution in [-0.4, -0.2) is 39.1 Å². The highest BCUT2D eigenvalue weighted by atomic mass is 35.5. The Kier molecular flexibility index (Phi) is 5.38. The molecule has 1 N–H and O–H groups in total. The Hall–Kier alpha value is -2.34. The van der Waals surface area contributed by atoms with Crippen molar-refractivity contribution in [3.63, 3.8) is 0 Å². The number of aromatic nitrogens is 2. The molecule has 2 amide bonds. The molecular formula is C18H21ClN4O2. The monoisotopic (exact) mass is 360 g/mol. The zero-order valence-electron chi connectivity index (χ0n) is 14.1. The van der Waals surface area contributed by atoms with E-state index < -0.39 is 0 Å². The summed E-state index contributed by atoms with van der Waals surface area (Å²) in [7, 11) is 1.85. The van der Waals surface area contributed by atoms with E-state index in [1.165, 1.54) is 0 Å². The Balaban J connectivity index is 1.48. The topological polar surface area (TPSA) is 67.2 Å². The van der Waals surface area contributed by atoms with Gasteiger partial charge in [0.2, 0.25) is 11.8 Å². The summed E-state index contributed by atoms with van der Waals surface area (Å²) in [5.41, 5.74) is 1.95. The van der Waals surface area contributed by atoms with Crippen molar-refractivity contribution in [1.82, 2.24) is 20.0 Å². The fraction of sp³-hybridized carbons (Fsp3) is 0.389. The van der Waals surface area contributed by atoms with Gasteiger partial charge >= 0.3 is 0 Å². The Morgan fingerprint density at radius 1 is 1.40 bits per heavy atom. The van der Waals surface area contributed by atoms with Gasteiger partial charge in [-0.2, -0.15) is 5.10 Å². The summed E-state index contributed by atoms with van der Waals surface area (Å²) in [6.07, 6.45) is 5.03. The molecule has 0 bridgehead atoms. The molecule has 0 aliphatic carbocycles. The van der Waals surface area contributed by atoms with Gasteiger partial charge < -0.3 is 10.2 Å². The molecule has 1 fully saturated rings. The van der Waals surface area contributed by atoms with Crippen LogP contribution in [-0.2, 0) is 29.6 Å². The van der Waals surface area contributed by atoms with Crippen LogP contribution in [0.3, 0.4) is 0 Å². The van der Waals surface area contributed by atoms with Crippen molar-refractivity contribution in [1.29, 1.82) is 0 Å². The SMILES string of the molecule is Cn1cc(CCC(=O)NC2CC(=O)N(Cc3ccccc3Cl)C2)cn1. The third kappa shape index (κ3) is 4.60. The number of halogens is 1. The molecule has 3 rings (SSSR count). The van der Waals surface area contributed by atoms with Gasteiger partial charge in [-0.3, -0.25) is 14.3 Å².